The number of nitrogens with one attached hydrogen (secondary N) is 1. The molecule has 1 N–H and O–H groups in total. The fraction of sp³-hybridized carbons (Fsp3) is 0.478. The van der Waals surface area contributed by atoms with Crippen molar-refractivity contribution in [2.75, 3.05) is 18.4 Å². The zero-order chi connectivity index (χ0) is 22.5. The first-order chi connectivity index (χ1) is 15.3. The average molecular weight is 495 g/mol. The fourth-order valence-corrected chi connectivity index (χ4v) is 6.30. The monoisotopic (exact) mass is 494 g/mol. The first kappa shape index (κ1) is 25.1. The van der Waals surface area contributed by atoms with Gasteiger partial charge in [-0.3, -0.25) is 14.5 Å². The van der Waals surface area contributed by atoms with Crippen molar-refractivity contribution in [1.82, 2.24) is 9.47 Å². The van der Waals surface area contributed by atoms with Crippen LogP contribution in [0, 0.1) is 0 Å². The summed E-state index contributed by atoms with van der Waals surface area (Å²) in [7, 11) is -2.22. The Balaban J connectivity index is 0.00000259. The van der Waals surface area contributed by atoms with Crippen LogP contribution in [-0.2, 0) is 49.3 Å². The number of carbonyl (C=O) groups excluding carboxylic acids is 1. The number of sulfonamides is 1. The average Bonchev–Trinajstić information content (AvgIpc) is 3.35. The van der Waals surface area contributed by atoms with Gasteiger partial charge in [0.25, 0.3) is 5.56 Å². The number of aromatic nitrogens is 1. The van der Waals surface area contributed by atoms with Gasteiger partial charge in [-0.2, -0.15) is 0 Å². The number of pyridine rings is 1. The molecule has 0 unspecified atom stereocenters. The van der Waals surface area contributed by atoms with Gasteiger partial charge in [-0.05, 0) is 78.1 Å². The zero-order valence-corrected chi connectivity index (χ0v) is 23.1. The van der Waals surface area contributed by atoms with E-state index in [4.69, 9.17) is 0 Å². The molecule has 0 spiro atoms. The fourth-order valence-electron chi connectivity index (χ4n) is 5.07. The third-order valence-corrected chi connectivity index (χ3v) is 8.40. The molecule has 1 aromatic carbocycles. The van der Waals surface area contributed by atoms with Crippen LogP contribution in [0.1, 0.15) is 40.7 Å². The number of nitrogens with zero attached hydrogens (tertiary/aromatic N) is 3. The predicted octanol–water partition coefficient (Wildman–Crippen LogP) is -0.513. The zero-order valence-electron chi connectivity index (χ0n) is 19.1. The van der Waals surface area contributed by atoms with Gasteiger partial charge in [0.2, 0.25) is 0 Å². The van der Waals surface area contributed by atoms with Crippen molar-refractivity contribution >= 4 is 21.7 Å². The summed E-state index contributed by atoms with van der Waals surface area (Å²) in [6.45, 7) is 1.09. The minimum absolute atomic E-state index is 0. The van der Waals surface area contributed by atoms with Crippen molar-refractivity contribution in [3.63, 3.8) is 0 Å². The normalized spacial score (nSPS) is 17.6. The Morgan fingerprint density at radius 2 is 1.73 bits per heavy atom. The molecule has 5 rings (SSSR count). The summed E-state index contributed by atoms with van der Waals surface area (Å²) >= 11 is 0. The van der Waals surface area contributed by atoms with Crippen LogP contribution < -0.4 is 62.3 Å². The van der Waals surface area contributed by atoms with Gasteiger partial charge in [-0.25, -0.2) is 8.42 Å². The van der Waals surface area contributed by atoms with E-state index in [9.17, 15) is 18.0 Å². The van der Waals surface area contributed by atoms with Crippen LogP contribution in [0.15, 0.2) is 29.2 Å². The largest absolute Gasteiger partial charge is 1.00 e. The minimum Gasteiger partial charge on any atom is -0.423 e. The second-order valence-electron chi connectivity index (χ2n) is 9.07. The van der Waals surface area contributed by atoms with Crippen molar-refractivity contribution in [3.8, 4) is 0 Å². The summed E-state index contributed by atoms with van der Waals surface area (Å²) in [5, 5.41) is 2.13. The standard InChI is InChI=1S/C23H28N4O4S.K/c1-26-9-8-15(10-21(26)28)12-27-13-18(14-27)32(30,31)25-23(29)24-22-19-6-2-4-16(19)11-17-5-3-7-20(17)22;/h8-11,18H,2-7,12-14H2,1H3,(H2,24,25,29);/q;+1/p-1. The maximum absolute atomic E-state index is 12.7. The number of fused-ring (bicyclic) bond motifs is 2. The molecule has 1 aromatic heterocycles. The summed E-state index contributed by atoms with van der Waals surface area (Å²) < 4.78 is 30.4. The Morgan fingerprint density at radius 1 is 1.09 bits per heavy atom. The molecule has 0 radical (unpaired) electrons. The molecular formula is C23H27KN4O4S. The van der Waals surface area contributed by atoms with E-state index in [0.29, 0.717) is 19.6 Å². The SMILES string of the molecule is Cn1ccc(CN2CC(S(=O)(=O)[N-]C(=O)Nc3c4c(cc5c3CCC5)CCC4)C2)cc1=O.[K+]. The molecule has 10 heteroatoms. The van der Waals surface area contributed by atoms with E-state index in [0.717, 1.165) is 60.9 Å². The summed E-state index contributed by atoms with van der Waals surface area (Å²) in [6.07, 6.45) is 7.64. The van der Waals surface area contributed by atoms with E-state index in [-0.39, 0.29) is 56.9 Å². The van der Waals surface area contributed by atoms with Gasteiger partial charge in [-0.15, -0.1) is 0 Å². The molecule has 0 saturated carbocycles. The van der Waals surface area contributed by atoms with E-state index in [1.165, 1.54) is 15.7 Å². The molecular weight excluding hydrogens is 467 g/mol. The number of anilines is 1. The van der Waals surface area contributed by atoms with Gasteiger partial charge >= 0.3 is 51.4 Å². The molecule has 170 valence electrons. The summed E-state index contributed by atoms with van der Waals surface area (Å²) in [6, 6.07) is 4.86. The second-order valence-corrected chi connectivity index (χ2v) is 10.9. The predicted molar refractivity (Wildman–Crippen MR) is 123 cm³/mol. The van der Waals surface area contributed by atoms with Gasteiger partial charge in [0.05, 0.1) is 5.25 Å². The van der Waals surface area contributed by atoms with Crippen LogP contribution >= 0.6 is 0 Å². The summed E-state index contributed by atoms with van der Waals surface area (Å²) in [4.78, 5) is 26.3. The van der Waals surface area contributed by atoms with Gasteiger partial charge < -0.3 is 14.6 Å². The number of likely N-dealkylation sites (tertiary alicyclic amines) is 1. The molecule has 3 aliphatic rings. The van der Waals surface area contributed by atoms with Crippen LogP contribution in [0.5, 0.6) is 0 Å². The third kappa shape index (κ3) is 5.17. The molecule has 33 heavy (non-hydrogen) atoms. The number of rotatable bonds is 5. The molecule has 2 aliphatic carbocycles. The quantitative estimate of drug-likeness (QED) is 0.564. The number of urea groups is 1. The molecule has 1 saturated heterocycles. The number of amides is 2. The Labute approximate surface area is 236 Å². The van der Waals surface area contributed by atoms with Crippen molar-refractivity contribution in [1.29, 1.82) is 0 Å². The van der Waals surface area contributed by atoms with Crippen LogP contribution in [-0.4, -0.2) is 42.3 Å². The summed E-state index contributed by atoms with van der Waals surface area (Å²) in [5.41, 5.74) is 6.38. The van der Waals surface area contributed by atoms with Crippen LogP contribution in [0.3, 0.4) is 0 Å². The van der Waals surface area contributed by atoms with Gasteiger partial charge in [0.1, 0.15) is 0 Å². The second kappa shape index (κ2) is 9.92. The Bertz CT molecular complexity index is 1220. The molecule has 0 atom stereocenters. The Morgan fingerprint density at radius 3 is 2.33 bits per heavy atom. The smallest absolute Gasteiger partial charge is 0.423 e. The van der Waals surface area contributed by atoms with E-state index in [1.54, 1.807) is 19.3 Å². The Kier molecular flexibility index (Phi) is 7.55. The molecule has 8 nitrogen and oxygen atoms in total. The minimum atomic E-state index is -3.91. The Hall–Kier alpha value is -1.01. The van der Waals surface area contributed by atoms with Crippen LogP contribution in [0.4, 0.5) is 10.5 Å². The molecule has 1 aliphatic heterocycles. The van der Waals surface area contributed by atoms with Crippen molar-refractivity contribution in [2.24, 2.45) is 7.05 Å². The van der Waals surface area contributed by atoms with Crippen molar-refractivity contribution in [3.05, 3.63) is 67.3 Å². The number of hydrogen-bond donors (Lipinski definition) is 1. The molecule has 0 bridgehead atoms. The van der Waals surface area contributed by atoms with Crippen LogP contribution in [0.25, 0.3) is 4.72 Å². The molecule has 2 amide bonds. The molecule has 1 fully saturated rings. The summed E-state index contributed by atoms with van der Waals surface area (Å²) in [5.74, 6) is 0. The van der Waals surface area contributed by atoms with Gasteiger partial charge in [-0.1, -0.05) is 6.07 Å². The van der Waals surface area contributed by atoms with Crippen molar-refractivity contribution in [2.45, 2.75) is 50.3 Å². The number of hydrogen-bond acceptors (Lipinski definition) is 5. The van der Waals surface area contributed by atoms with Crippen LogP contribution in [0.2, 0.25) is 0 Å². The number of benzene rings is 1. The van der Waals surface area contributed by atoms with E-state index in [1.807, 2.05) is 11.0 Å². The van der Waals surface area contributed by atoms with E-state index in [2.05, 4.69) is 16.1 Å². The van der Waals surface area contributed by atoms with E-state index >= 15 is 0 Å². The van der Waals surface area contributed by atoms with Gasteiger partial charge in [0, 0.05) is 38.9 Å². The molecule has 2 aromatic rings. The molecule has 2 heterocycles. The van der Waals surface area contributed by atoms with Gasteiger partial charge in [0.15, 0.2) is 16.1 Å². The number of carbonyl (C=O) groups is 1. The maximum atomic E-state index is 12.7. The third-order valence-electron chi connectivity index (χ3n) is 6.83. The maximum Gasteiger partial charge on any atom is 1.00 e. The van der Waals surface area contributed by atoms with Crippen molar-refractivity contribution < 1.29 is 64.6 Å². The first-order valence-corrected chi connectivity index (χ1v) is 12.6. The topological polar surface area (TPSA) is 103 Å². The first-order valence-electron chi connectivity index (χ1n) is 11.1. The van der Waals surface area contributed by atoms with E-state index < -0.39 is 21.3 Å². The number of aryl methyl sites for hydroxylation is 3.